The molecule has 0 bridgehead atoms. The molecule has 1 nitrogen and oxygen atoms in total. The Kier molecular flexibility index (Phi) is 5.65. The lowest BCUT2D eigenvalue weighted by Crippen LogP contribution is -2.26. The summed E-state index contributed by atoms with van der Waals surface area (Å²) in [5, 5.41) is 8.75. The van der Waals surface area contributed by atoms with Gasteiger partial charge in [-0.3, -0.25) is 0 Å². The number of hydrogen-bond acceptors (Lipinski definition) is 1. The van der Waals surface area contributed by atoms with Crippen LogP contribution in [0.25, 0.3) is 0 Å². The van der Waals surface area contributed by atoms with Gasteiger partial charge in [0.2, 0.25) is 0 Å². The van der Waals surface area contributed by atoms with Gasteiger partial charge in [0.1, 0.15) is 0 Å². The van der Waals surface area contributed by atoms with Crippen LogP contribution < -0.4 is 0 Å². The highest BCUT2D eigenvalue weighted by atomic mass is 19.4. The monoisotopic (exact) mass is 222 g/mol. The van der Waals surface area contributed by atoms with Crippen LogP contribution in [0.15, 0.2) is 23.3 Å². The van der Waals surface area contributed by atoms with Crippen molar-refractivity contribution in [3.05, 3.63) is 23.3 Å². The number of hydrogen-bond donors (Lipinski definition) is 1. The molecule has 0 aliphatic heterocycles. The molecule has 0 radical (unpaired) electrons. The third-order valence-electron chi connectivity index (χ3n) is 1.87. The van der Waals surface area contributed by atoms with E-state index in [9.17, 15) is 13.2 Å². The Hall–Kier alpha value is -0.770. The van der Waals surface area contributed by atoms with Crippen LogP contribution in [0.4, 0.5) is 13.2 Å². The van der Waals surface area contributed by atoms with Crippen molar-refractivity contribution in [1.82, 2.24) is 0 Å². The predicted molar refractivity (Wildman–Crippen MR) is 54.5 cm³/mol. The molecule has 1 N–H and O–H groups in total. The third-order valence-corrected chi connectivity index (χ3v) is 1.87. The summed E-state index contributed by atoms with van der Waals surface area (Å²) < 4.78 is 35.9. The maximum absolute atomic E-state index is 12.0. The molecule has 0 rings (SSSR count). The van der Waals surface area contributed by atoms with Gasteiger partial charge in [-0.25, -0.2) is 0 Å². The van der Waals surface area contributed by atoms with Gasteiger partial charge in [0.25, 0.3) is 0 Å². The standard InChI is InChI=1S/C11H17F3O/c1-8(2)5-4-6-9(3)7-10(15)11(12,13)14/h5,7,10,15H,4,6H2,1-3H3/b9-7-. The summed E-state index contributed by atoms with van der Waals surface area (Å²) in [4.78, 5) is 0. The minimum absolute atomic E-state index is 0.540. The van der Waals surface area contributed by atoms with Crippen LogP contribution in [0.5, 0.6) is 0 Å². The molecule has 88 valence electrons. The number of rotatable bonds is 4. The summed E-state index contributed by atoms with van der Waals surface area (Å²) in [7, 11) is 0. The number of alkyl halides is 3. The average molecular weight is 222 g/mol. The average Bonchev–Trinajstić information content (AvgIpc) is 2.01. The van der Waals surface area contributed by atoms with Crippen LogP contribution in [0.2, 0.25) is 0 Å². The Bertz CT molecular complexity index is 247. The first-order valence-corrected chi connectivity index (χ1v) is 4.79. The second-order valence-electron chi connectivity index (χ2n) is 3.82. The van der Waals surface area contributed by atoms with Crippen molar-refractivity contribution in [3.63, 3.8) is 0 Å². The molecule has 0 saturated heterocycles. The van der Waals surface area contributed by atoms with Gasteiger partial charge < -0.3 is 5.11 Å². The number of aliphatic hydroxyl groups is 1. The minimum atomic E-state index is -4.56. The fraction of sp³-hybridized carbons (Fsp3) is 0.636. The second kappa shape index (κ2) is 5.95. The van der Waals surface area contributed by atoms with Gasteiger partial charge in [0.05, 0.1) is 0 Å². The van der Waals surface area contributed by atoms with Crippen molar-refractivity contribution in [1.29, 1.82) is 0 Å². The van der Waals surface area contributed by atoms with E-state index >= 15 is 0 Å². The van der Waals surface area contributed by atoms with E-state index in [0.717, 1.165) is 11.6 Å². The minimum Gasteiger partial charge on any atom is -0.380 e. The zero-order valence-corrected chi connectivity index (χ0v) is 9.23. The lowest BCUT2D eigenvalue weighted by atomic mass is 10.1. The molecule has 0 aromatic carbocycles. The van der Waals surface area contributed by atoms with Crippen LogP contribution in [0.3, 0.4) is 0 Å². The third kappa shape index (κ3) is 7.19. The SMILES string of the molecule is CC(C)=CCC/C(C)=C\C(O)C(F)(F)F. The highest BCUT2D eigenvalue weighted by Crippen LogP contribution is 2.22. The first-order valence-electron chi connectivity index (χ1n) is 4.79. The summed E-state index contributed by atoms with van der Waals surface area (Å²) in [6.45, 7) is 5.46. The van der Waals surface area contributed by atoms with Crippen molar-refractivity contribution < 1.29 is 18.3 Å². The zero-order chi connectivity index (χ0) is 12.1. The number of aliphatic hydroxyl groups excluding tert-OH is 1. The highest BCUT2D eigenvalue weighted by molar-refractivity contribution is 5.06. The molecular formula is C11H17F3O. The Morgan fingerprint density at radius 1 is 1.27 bits per heavy atom. The van der Waals surface area contributed by atoms with Crippen LogP contribution in [0.1, 0.15) is 33.6 Å². The van der Waals surface area contributed by atoms with Crippen molar-refractivity contribution in [2.24, 2.45) is 0 Å². The van der Waals surface area contributed by atoms with Crippen molar-refractivity contribution in [2.75, 3.05) is 0 Å². The molecule has 0 fully saturated rings. The molecule has 0 aliphatic carbocycles. The highest BCUT2D eigenvalue weighted by Gasteiger charge is 2.36. The second-order valence-corrected chi connectivity index (χ2v) is 3.82. The fourth-order valence-corrected chi connectivity index (χ4v) is 1.04. The Morgan fingerprint density at radius 3 is 2.20 bits per heavy atom. The quantitative estimate of drug-likeness (QED) is 0.720. The van der Waals surface area contributed by atoms with E-state index < -0.39 is 12.3 Å². The van der Waals surface area contributed by atoms with Gasteiger partial charge in [0.15, 0.2) is 6.10 Å². The van der Waals surface area contributed by atoms with Gasteiger partial charge >= 0.3 is 6.18 Å². The van der Waals surface area contributed by atoms with Crippen LogP contribution >= 0.6 is 0 Å². The Labute approximate surface area is 88.3 Å². The Balaban J connectivity index is 4.15. The topological polar surface area (TPSA) is 20.2 Å². The van der Waals surface area contributed by atoms with Crippen molar-refractivity contribution in [3.8, 4) is 0 Å². The van der Waals surface area contributed by atoms with Gasteiger partial charge in [-0.15, -0.1) is 0 Å². The van der Waals surface area contributed by atoms with E-state index in [-0.39, 0.29) is 0 Å². The van der Waals surface area contributed by atoms with E-state index in [1.807, 2.05) is 19.9 Å². The zero-order valence-electron chi connectivity index (χ0n) is 9.23. The lowest BCUT2D eigenvalue weighted by molar-refractivity contribution is -0.188. The van der Waals surface area contributed by atoms with Crippen LogP contribution in [-0.4, -0.2) is 17.4 Å². The number of halogens is 3. The van der Waals surface area contributed by atoms with E-state index in [4.69, 9.17) is 5.11 Å². The molecule has 0 spiro atoms. The molecule has 0 saturated carbocycles. The predicted octanol–water partition coefficient (Wildman–Crippen LogP) is 3.60. The van der Waals surface area contributed by atoms with Gasteiger partial charge in [-0.05, 0) is 39.7 Å². The van der Waals surface area contributed by atoms with Crippen molar-refractivity contribution in [2.45, 2.75) is 45.9 Å². The normalized spacial score (nSPS) is 15.0. The summed E-state index contributed by atoms with van der Waals surface area (Å²) in [5.41, 5.74) is 1.69. The molecule has 0 aromatic rings. The van der Waals surface area contributed by atoms with E-state index in [2.05, 4.69) is 0 Å². The molecule has 1 unspecified atom stereocenters. The van der Waals surface area contributed by atoms with E-state index in [1.165, 1.54) is 0 Å². The molecule has 1 atom stereocenters. The van der Waals surface area contributed by atoms with E-state index in [1.54, 1.807) is 6.92 Å². The maximum atomic E-state index is 12.0. The number of allylic oxidation sites excluding steroid dienone is 3. The van der Waals surface area contributed by atoms with Crippen molar-refractivity contribution >= 4 is 0 Å². The molecule has 0 heterocycles. The van der Waals surface area contributed by atoms with Gasteiger partial charge in [-0.1, -0.05) is 17.2 Å². The smallest absolute Gasteiger partial charge is 0.380 e. The summed E-state index contributed by atoms with van der Waals surface area (Å²) in [5.74, 6) is 0. The summed E-state index contributed by atoms with van der Waals surface area (Å²) in [6, 6.07) is 0. The molecular weight excluding hydrogens is 205 g/mol. The molecule has 4 heteroatoms. The lowest BCUT2D eigenvalue weighted by Gasteiger charge is -2.11. The first-order chi connectivity index (χ1) is 6.73. The fourth-order valence-electron chi connectivity index (χ4n) is 1.04. The summed E-state index contributed by atoms with van der Waals surface area (Å²) in [6.07, 6.45) is -2.84. The van der Waals surface area contributed by atoms with Gasteiger partial charge in [-0.2, -0.15) is 13.2 Å². The van der Waals surface area contributed by atoms with Crippen LogP contribution in [-0.2, 0) is 0 Å². The molecule has 15 heavy (non-hydrogen) atoms. The maximum Gasteiger partial charge on any atom is 0.417 e. The largest absolute Gasteiger partial charge is 0.417 e. The molecule has 0 aliphatic rings. The molecule has 0 aromatic heterocycles. The Morgan fingerprint density at radius 2 is 1.80 bits per heavy atom. The van der Waals surface area contributed by atoms with Crippen LogP contribution in [0, 0.1) is 0 Å². The molecule has 0 amide bonds. The van der Waals surface area contributed by atoms with E-state index in [0.29, 0.717) is 18.4 Å². The summed E-state index contributed by atoms with van der Waals surface area (Å²) >= 11 is 0. The first kappa shape index (κ1) is 14.2. The van der Waals surface area contributed by atoms with Gasteiger partial charge in [0, 0.05) is 0 Å².